The van der Waals surface area contributed by atoms with E-state index in [9.17, 15) is 8.42 Å². The molecule has 0 spiro atoms. The summed E-state index contributed by atoms with van der Waals surface area (Å²) in [5.41, 5.74) is 1.80. The van der Waals surface area contributed by atoms with E-state index in [-0.39, 0.29) is 11.7 Å². The zero-order valence-electron chi connectivity index (χ0n) is 13.2. The van der Waals surface area contributed by atoms with Crippen LogP contribution in [0.3, 0.4) is 0 Å². The van der Waals surface area contributed by atoms with E-state index >= 15 is 0 Å². The standard InChI is InChI=1S/C15H20N2O4S/c1-5-13-14(8-6-11(2)16-13)20-10-12-7-9-15(21-12)22(18,19)17(3)4/h6-9H,5,10H2,1-4H3. The zero-order valence-corrected chi connectivity index (χ0v) is 14.0. The van der Waals surface area contributed by atoms with Gasteiger partial charge < -0.3 is 9.15 Å². The predicted octanol–water partition coefficient (Wildman–Crippen LogP) is 2.37. The topological polar surface area (TPSA) is 72.6 Å². The van der Waals surface area contributed by atoms with Crippen LogP contribution in [0.5, 0.6) is 5.75 Å². The van der Waals surface area contributed by atoms with Gasteiger partial charge in [-0.25, -0.2) is 12.7 Å². The molecule has 0 radical (unpaired) electrons. The van der Waals surface area contributed by atoms with Crippen molar-refractivity contribution in [2.24, 2.45) is 0 Å². The quantitative estimate of drug-likeness (QED) is 0.815. The summed E-state index contributed by atoms with van der Waals surface area (Å²) in [6.45, 7) is 4.08. The van der Waals surface area contributed by atoms with Crippen LogP contribution in [0.15, 0.2) is 33.8 Å². The fourth-order valence-electron chi connectivity index (χ4n) is 1.89. The number of aromatic nitrogens is 1. The maximum absolute atomic E-state index is 11.9. The molecule has 22 heavy (non-hydrogen) atoms. The van der Waals surface area contributed by atoms with Gasteiger partial charge in [0.15, 0.2) is 0 Å². The van der Waals surface area contributed by atoms with Crippen LogP contribution in [-0.2, 0) is 23.1 Å². The van der Waals surface area contributed by atoms with Gasteiger partial charge in [-0.1, -0.05) is 6.92 Å². The van der Waals surface area contributed by atoms with Gasteiger partial charge in [-0.15, -0.1) is 0 Å². The van der Waals surface area contributed by atoms with Crippen LogP contribution in [0.2, 0.25) is 0 Å². The molecule has 0 amide bonds. The highest BCUT2D eigenvalue weighted by Gasteiger charge is 2.21. The number of sulfonamides is 1. The van der Waals surface area contributed by atoms with Crippen molar-refractivity contribution in [3.05, 3.63) is 41.4 Å². The lowest BCUT2D eigenvalue weighted by molar-refractivity contribution is 0.253. The minimum Gasteiger partial charge on any atom is -0.484 e. The molecule has 0 bridgehead atoms. The summed E-state index contributed by atoms with van der Waals surface area (Å²) in [4.78, 5) is 4.41. The van der Waals surface area contributed by atoms with E-state index in [1.54, 1.807) is 6.07 Å². The van der Waals surface area contributed by atoms with E-state index in [0.717, 1.165) is 22.1 Å². The van der Waals surface area contributed by atoms with E-state index in [0.29, 0.717) is 11.5 Å². The molecule has 0 fully saturated rings. The molecule has 0 aliphatic heterocycles. The summed E-state index contributed by atoms with van der Waals surface area (Å²) >= 11 is 0. The Kier molecular flexibility index (Phi) is 4.87. The molecule has 0 aliphatic carbocycles. The summed E-state index contributed by atoms with van der Waals surface area (Å²) < 4.78 is 36.0. The van der Waals surface area contributed by atoms with Gasteiger partial charge in [0.25, 0.3) is 10.0 Å². The second kappa shape index (κ2) is 6.50. The number of pyridine rings is 1. The molecule has 0 aliphatic rings. The average molecular weight is 324 g/mol. The Bertz CT molecular complexity index is 751. The van der Waals surface area contributed by atoms with Gasteiger partial charge in [-0.3, -0.25) is 4.98 Å². The largest absolute Gasteiger partial charge is 0.484 e. The highest BCUT2D eigenvalue weighted by atomic mass is 32.2. The molecule has 0 saturated carbocycles. The summed E-state index contributed by atoms with van der Waals surface area (Å²) in [5, 5.41) is -0.0890. The summed E-state index contributed by atoms with van der Waals surface area (Å²) in [5.74, 6) is 1.13. The second-order valence-corrected chi connectivity index (χ2v) is 7.13. The third kappa shape index (κ3) is 3.48. The van der Waals surface area contributed by atoms with E-state index in [1.807, 2.05) is 26.0 Å². The van der Waals surface area contributed by atoms with Crippen molar-refractivity contribution in [3.8, 4) is 5.75 Å². The van der Waals surface area contributed by atoms with Crippen LogP contribution in [0.4, 0.5) is 0 Å². The number of nitrogens with zero attached hydrogens (tertiary/aromatic N) is 2. The summed E-state index contributed by atoms with van der Waals surface area (Å²) in [7, 11) is -0.643. The normalized spacial score (nSPS) is 11.9. The zero-order chi connectivity index (χ0) is 16.3. The lowest BCUT2D eigenvalue weighted by Gasteiger charge is -2.10. The predicted molar refractivity (Wildman–Crippen MR) is 82.3 cm³/mol. The van der Waals surface area contributed by atoms with Crippen LogP contribution in [-0.4, -0.2) is 31.8 Å². The number of aryl methyl sites for hydroxylation is 2. The molecular weight excluding hydrogens is 304 g/mol. The highest BCUT2D eigenvalue weighted by Crippen LogP contribution is 2.21. The lowest BCUT2D eigenvalue weighted by Crippen LogP contribution is -2.21. The molecule has 0 N–H and O–H groups in total. The maximum atomic E-state index is 11.9. The summed E-state index contributed by atoms with van der Waals surface area (Å²) in [6, 6.07) is 6.77. The Morgan fingerprint density at radius 1 is 1.23 bits per heavy atom. The Morgan fingerprint density at radius 2 is 1.95 bits per heavy atom. The average Bonchev–Trinajstić information content (AvgIpc) is 2.95. The third-order valence-electron chi connectivity index (χ3n) is 3.15. The molecule has 2 heterocycles. The third-order valence-corrected chi connectivity index (χ3v) is 4.84. The molecule has 0 saturated heterocycles. The SMILES string of the molecule is CCc1nc(C)ccc1OCc1ccc(S(=O)(=O)N(C)C)o1. The van der Waals surface area contributed by atoms with Crippen LogP contribution >= 0.6 is 0 Å². The Balaban J connectivity index is 2.12. The molecule has 2 aromatic rings. The van der Waals surface area contributed by atoms with E-state index in [2.05, 4.69) is 4.98 Å². The van der Waals surface area contributed by atoms with Crippen molar-refractivity contribution < 1.29 is 17.6 Å². The number of rotatable bonds is 6. The minimum absolute atomic E-state index is 0.0890. The van der Waals surface area contributed by atoms with Crippen LogP contribution in [0.25, 0.3) is 0 Å². The number of ether oxygens (including phenoxy) is 1. The van der Waals surface area contributed by atoms with Gasteiger partial charge in [0, 0.05) is 19.8 Å². The van der Waals surface area contributed by atoms with Gasteiger partial charge in [0.1, 0.15) is 18.1 Å². The molecule has 6 nitrogen and oxygen atoms in total. The molecule has 7 heteroatoms. The number of furan rings is 1. The van der Waals surface area contributed by atoms with Crippen molar-refractivity contribution in [1.29, 1.82) is 0 Å². The van der Waals surface area contributed by atoms with Crippen molar-refractivity contribution in [2.45, 2.75) is 32.0 Å². The van der Waals surface area contributed by atoms with Crippen molar-refractivity contribution in [3.63, 3.8) is 0 Å². The smallest absolute Gasteiger partial charge is 0.275 e. The van der Waals surface area contributed by atoms with Crippen molar-refractivity contribution in [1.82, 2.24) is 9.29 Å². The first-order valence-corrected chi connectivity index (χ1v) is 8.39. The van der Waals surface area contributed by atoms with Gasteiger partial charge in [-0.2, -0.15) is 0 Å². The van der Waals surface area contributed by atoms with Gasteiger partial charge in [-0.05, 0) is 37.6 Å². The van der Waals surface area contributed by atoms with E-state index < -0.39 is 10.0 Å². The molecular formula is C15H20N2O4S. The fourth-order valence-corrected chi connectivity index (χ4v) is 2.70. The van der Waals surface area contributed by atoms with E-state index in [1.165, 1.54) is 20.2 Å². The maximum Gasteiger partial charge on any atom is 0.275 e. The number of hydrogen-bond acceptors (Lipinski definition) is 5. The van der Waals surface area contributed by atoms with Crippen LogP contribution in [0, 0.1) is 6.92 Å². The van der Waals surface area contributed by atoms with Gasteiger partial charge in [0.05, 0.1) is 5.69 Å². The van der Waals surface area contributed by atoms with Crippen molar-refractivity contribution >= 4 is 10.0 Å². The fraction of sp³-hybridized carbons (Fsp3) is 0.400. The number of hydrogen-bond donors (Lipinski definition) is 0. The first-order chi connectivity index (χ1) is 10.3. The Hall–Kier alpha value is -1.86. The first kappa shape index (κ1) is 16.5. The molecule has 120 valence electrons. The molecule has 2 aromatic heterocycles. The first-order valence-electron chi connectivity index (χ1n) is 6.95. The Morgan fingerprint density at radius 3 is 2.59 bits per heavy atom. The van der Waals surface area contributed by atoms with Crippen LogP contribution < -0.4 is 4.74 Å². The molecule has 0 aromatic carbocycles. The summed E-state index contributed by atoms with van der Waals surface area (Å²) in [6.07, 6.45) is 0.759. The van der Waals surface area contributed by atoms with Crippen molar-refractivity contribution in [2.75, 3.05) is 14.1 Å². The molecule has 0 unspecified atom stereocenters. The monoisotopic (exact) mass is 324 g/mol. The van der Waals surface area contributed by atoms with Gasteiger partial charge in [0.2, 0.25) is 5.09 Å². The van der Waals surface area contributed by atoms with E-state index in [4.69, 9.17) is 9.15 Å². The Labute approximate surface area is 130 Å². The molecule has 2 rings (SSSR count). The lowest BCUT2D eigenvalue weighted by atomic mass is 10.2. The second-order valence-electron chi connectivity index (χ2n) is 5.05. The highest BCUT2D eigenvalue weighted by molar-refractivity contribution is 7.88. The van der Waals surface area contributed by atoms with Gasteiger partial charge >= 0.3 is 0 Å². The van der Waals surface area contributed by atoms with Crippen LogP contribution in [0.1, 0.15) is 24.1 Å². The minimum atomic E-state index is -3.56. The molecule has 0 atom stereocenters.